The van der Waals surface area contributed by atoms with Gasteiger partial charge in [0.25, 0.3) is 5.91 Å². The highest BCUT2D eigenvalue weighted by Gasteiger charge is 2.32. The van der Waals surface area contributed by atoms with Crippen molar-refractivity contribution >= 4 is 78.3 Å². The molecule has 14 heteroatoms. The van der Waals surface area contributed by atoms with E-state index < -0.39 is 11.9 Å². The maximum Gasteiger partial charge on any atom is 0.329 e. The molecule has 3 fully saturated rings. The van der Waals surface area contributed by atoms with Crippen LogP contribution >= 0.6 is 11.3 Å². The number of nitrogens with zero attached hydrogens (tertiary/aromatic N) is 5. The molecule has 0 spiro atoms. The highest BCUT2D eigenvalue weighted by atomic mass is 32.1. The minimum Gasteiger partial charge on any atom is -0.381 e. The summed E-state index contributed by atoms with van der Waals surface area (Å²) in [6.07, 6.45) is 4.71. The molecule has 4 aliphatic rings. The second kappa shape index (κ2) is 12.9. The van der Waals surface area contributed by atoms with Crippen LogP contribution in [0.15, 0.2) is 47.3 Å². The molecule has 270 valence electrons. The van der Waals surface area contributed by atoms with Gasteiger partial charge in [0.1, 0.15) is 16.7 Å². The summed E-state index contributed by atoms with van der Waals surface area (Å²) >= 11 is 1.53. The van der Waals surface area contributed by atoms with Crippen LogP contribution in [0.3, 0.4) is 0 Å². The number of imide groups is 1. The van der Waals surface area contributed by atoms with E-state index in [1.807, 2.05) is 25.1 Å². The molecule has 52 heavy (non-hydrogen) atoms. The molecule has 13 nitrogen and oxygen atoms in total. The van der Waals surface area contributed by atoms with E-state index >= 15 is 0 Å². The number of benzene rings is 2. The van der Waals surface area contributed by atoms with Gasteiger partial charge in [0.05, 0.1) is 34.4 Å². The molecule has 2 atom stereocenters. The van der Waals surface area contributed by atoms with E-state index in [4.69, 9.17) is 9.72 Å². The molecule has 3 N–H and O–H groups in total. The van der Waals surface area contributed by atoms with Crippen LogP contribution in [-0.2, 0) is 21.4 Å². The van der Waals surface area contributed by atoms with Crippen molar-refractivity contribution in [1.82, 2.24) is 24.8 Å². The Kier molecular flexibility index (Phi) is 8.18. The van der Waals surface area contributed by atoms with Gasteiger partial charge in [0, 0.05) is 73.4 Å². The fraction of sp³-hybridized carbons (Fsp3) is 0.447. The highest BCUT2D eigenvalue weighted by Crippen LogP contribution is 2.41. The number of anilines is 3. The molecule has 1 unspecified atom stereocenters. The summed E-state index contributed by atoms with van der Waals surface area (Å²) in [5.41, 5.74) is 4.11. The van der Waals surface area contributed by atoms with Crippen molar-refractivity contribution in [1.29, 1.82) is 0 Å². The number of amides is 3. The Morgan fingerprint density at radius 1 is 0.865 bits per heavy atom. The second-order valence-corrected chi connectivity index (χ2v) is 15.6. The lowest BCUT2D eigenvalue weighted by atomic mass is 10.0. The fourth-order valence-electron chi connectivity index (χ4n) is 8.41. The molecule has 4 aliphatic heterocycles. The first kappa shape index (κ1) is 32.9. The van der Waals surface area contributed by atoms with Gasteiger partial charge in [-0.3, -0.25) is 28.8 Å². The highest BCUT2D eigenvalue weighted by molar-refractivity contribution is 7.21. The van der Waals surface area contributed by atoms with Gasteiger partial charge in [-0.15, -0.1) is 11.3 Å². The number of piperidine rings is 3. The quantitative estimate of drug-likeness (QED) is 0.227. The number of hydrogen-bond donors (Lipinski definition) is 3. The third-order valence-corrected chi connectivity index (χ3v) is 12.4. The number of thiophene rings is 1. The zero-order chi connectivity index (χ0) is 35.7. The van der Waals surface area contributed by atoms with E-state index in [-0.39, 0.29) is 42.2 Å². The lowest BCUT2D eigenvalue weighted by Crippen LogP contribution is -2.44. The molecule has 3 aromatic heterocycles. The Hall–Kier alpha value is -4.95. The zero-order valence-electron chi connectivity index (χ0n) is 29.3. The number of hydrogen-bond acceptors (Lipinski definition) is 10. The summed E-state index contributed by atoms with van der Waals surface area (Å²) in [7, 11) is 1.73. The third kappa shape index (κ3) is 5.68. The van der Waals surface area contributed by atoms with E-state index in [0.29, 0.717) is 18.5 Å². The molecule has 0 bridgehead atoms. The fourth-order valence-corrected chi connectivity index (χ4v) is 9.51. The van der Waals surface area contributed by atoms with Gasteiger partial charge in [0.2, 0.25) is 11.8 Å². The Bertz CT molecular complexity index is 2310. The van der Waals surface area contributed by atoms with Crippen LogP contribution in [0.2, 0.25) is 0 Å². The van der Waals surface area contributed by atoms with Gasteiger partial charge in [-0.05, 0) is 81.5 Å². The van der Waals surface area contributed by atoms with Gasteiger partial charge in [-0.1, -0.05) is 0 Å². The van der Waals surface area contributed by atoms with Crippen LogP contribution in [-0.4, -0.2) is 82.8 Å². The van der Waals surface area contributed by atoms with Gasteiger partial charge in [0.15, 0.2) is 0 Å². The molecular weight excluding hydrogens is 681 g/mol. The molecule has 0 aliphatic carbocycles. The summed E-state index contributed by atoms with van der Waals surface area (Å²) in [4.78, 5) is 60.8. The topological polar surface area (TPSA) is 143 Å². The molecule has 7 heterocycles. The molecule has 5 aromatic rings. The number of carbonyl (C=O) groups excluding carboxylic acids is 3. The number of rotatable bonds is 5. The lowest BCUT2D eigenvalue weighted by Gasteiger charge is -2.38. The second-order valence-electron chi connectivity index (χ2n) is 14.6. The van der Waals surface area contributed by atoms with Gasteiger partial charge in [-0.2, -0.15) is 0 Å². The number of pyridine rings is 1. The number of aryl methyl sites for hydroxylation is 1. The SMILES string of the molecule is C[C@@H]1CNc2c(sc3ccc4nc(N5CCC(OC6CCN(c7ccc8c(c7)n(C)c(=O)n8C7CCC(=O)NC7=O)CC6)CC5)ccc4c23)C(=O)N1. The van der Waals surface area contributed by atoms with E-state index in [1.165, 1.54) is 15.9 Å². The van der Waals surface area contributed by atoms with E-state index in [1.54, 1.807) is 11.6 Å². The number of imidazole rings is 1. The Balaban J connectivity index is 0.819. The molecule has 0 radical (unpaired) electrons. The number of nitrogens with one attached hydrogen (secondary N) is 3. The average Bonchev–Trinajstić information content (AvgIpc) is 3.60. The predicted molar refractivity (Wildman–Crippen MR) is 203 cm³/mol. The van der Waals surface area contributed by atoms with Gasteiger partial charge < -0.3 is 25.2 Å². The number of ether oxygens (including phenoxy) is 1. The van der Waals surface area contributed by atoms with Gasteiger partial charge in [-0.25, -0.2) is 9.78 Å². The van der Waals surface area contributed by atoms with Crippen LogP contribution in [0.4, 0.5) is 17.2 Å². The Labute approximate surface area is 303 Å². The predicted octanol–water partition coefficient (Wildman–Crippen LogP) is 4.28. The first-order chi connectivity index (χ1) is 25.2. The average molecular weight is 723 g/mol. The van der Waals surface area contributed by atoms with E-state index in [9.17, 15) is 19.2 Å². The standard InChI is InChI=1S/C38H42N8O5S/c1-21-20-39-34-33-25-4-9-31(41-26(25)5-8-30(33)52-35(34)37(49)40-21)45-17-13-24(14-18-45)51-23-11-15-44(16-12-23)22-3-6-27-29(19-22)43(2)38(50)46(27)28-7-10-32(47)42-36(28)48/h3-6,8-9,19,21,23-24,28,39H,7,10-18,20H2,1-2H3,(H,40,49)(H,42,47,48)/t21-,28?/m1/s1. The maximum absolute atomic E-state index is 13.2. The van der Waals surface area contributed by atoms with Crippen molar-refractivity contribution in [3.63, 3.8) is 0 Å². The number of aromatic nitrogens is 3. The Morgan fingerprint density at radius 3 is 2.37 bits per heavy atom. The van der Waals surface area contributed by atoms with Crippen molar-refractivity contribution in [2.75, 3.05) is 47.8 Å². The smallest absolute Gasteiger partial charge is 0.329 e. The van der Waals surface area contributed by atoms with Crippen LogP contribution in [0.25, 0.3) is 32.0 Å². The maximum atomic E-state index is 13.2. The van der Waals surface area contributed by atoms with E-state index in [2.05, 4.69) is 50.0 Å². The van der Waals surface area contributed by atoms with Crippen molar-refractivity contribution in [3.8, 4) is 0 Å². The number of carbonyl (C=O) groups is 3. The monoisotopic (exact) mass is 722 g/mol. The largest absolute Gasteiger partial charge is 0.381 e. The first-order valence-corrected chi connectivity index (χ1v) is 19.1. The number of fused-ring (bicyclic) bond motifs is 6. The summed E-state index contributed by atoms with van der Waals surface area (Å²) < 4.78 is 10.9. The summed E-state index contributed by atoms with van der Waals surface area (Å²) in [6, 6.07) is 13.8. The molecular formula is C38H42N8O5S. The molecule has 3 saturated heterocycles. The van der Waals surface area contributed by atoms with Crippen LogP contribution in [0, 0.1) is 0 Å². The summed E-state index contributed by atoms with van der Waals surface area (Å²) in [6.45, 7) is 6.18. The van der Waals surface area contributed by atoms with E-state index in [0.717, 1.165) is 100 Å². The minimum atomic E-state index is -0.690. The summed E-state index contributed by atoms with van der Waals surface area (Å²) in [5, 5.41) is 11.1. The summed E-state index contributed by atoms with van der Waals surface area (Å²) in [5.74, 6) is 0.233. The van der Waals surface area contributed by atoms with Crippen LogP contribution in [0.5, 0.6) is 0 Å². The normalized spacial score (nSPS) is 22.1. The first-order valence-electron chi connectivity index (χ1n) is 18.3. The molecule has 9 rings (SSSR count). The van der Waals surface area contributed by atoms with Crippen LogP contribution < -0.4 is 31.4 Å². The molecule has 3 amide bonds. The van der Waals surface area contributed by atoms with Gasteiger partial charge >= 0.3 is 5.69 Å². The lowest BCUT2D eigenvalue weighted by molar-refractivity contribution is -0.135. The van der Waals surface area contributed by atoms with Crippen LogP contribution in [0.1, 0.15) is 61.2 Å². The minimum absolute atomic E-state index is 0.0190. The van der Waals surface area contributed by atoms with Crippen molar-refractivity contribution in [3.05, 3.63) is 57.8 Å². The van der Waals surface area contributed by atoms with Crippen molar-refractivity contribution in [2.24, 2.45) is 7.05 Å². The third-order valence-electron chi connectivity index (χ3n) is 11.2. The van der Waals surface area contributed by atoms with Crippen molar-refractivity contribution in [2.45, 2.75) is 69.7 Å². The van der Waals surface area contributed by atoms with Crippen molar-refractivity contribution < 1.29 is 19.1 Å². The Morgan fingerprint density at radius 2 is 1.62 bits per heavy atom. The molecule has 2 aromatic carbocycles. The zero-order valence-corrected chi connectivity index (χ0v) is 30.1. The molecule has 0 saturated carbocycles.